The first-order valence-corrected chi connectivity index (χ1v) is 8.11. The number of carbonyl (C=O) groups excluding carboxylic acids is 1. The van der Waals surface area contributed by atoms with E-state index in [1.807, 2.05) is 42.2 Å². The number of aryl methyl sites for hydroxylation is 1. The lowest BCUT2D eigenvalue weighted by Gasteiger charge is -2.15. The third-order valence-electron chi connectivity index (χ3n) is 4.66. The first kappa shape index (κ1) is 14.9. The van der Waals surface area contributed by atoms with Gasteiger partial charge < -0.3 is 10.0 Å². The number of likely N-dealkylation sites (tertiary alicyclic amines) is 1. The predicted octanol–water partition coefficient (Wildman–Crippen LogP) is 2.45. The molecule has 5 heteroatoms. The molecule has 0 spiro atoms. The molecule has 24 heavy (non-hydrogen) atoms. The second-order valence-corrected chi connectivity index (χ2v) is 6.31. The minimum Gasteiger partial charge on any atom is -0.391 e. The average Bonchev–Trinajstić information content (AvgIpc) is 3.20. The van der Waals surface area contributed by atoms with E-state index in [0.29, 0.717) is 25.1 Å². The molecule has 122 valence electrons. The number of fused-ring (bicyclic) bond motifs is 1. The number of carbonyl (C=O) groups is 1. The van der Waals surface area contributed by atoms with Crippen LogP contribution in [0.4, 0.5) is 0 Å². The number of β-amino-alcohol motifs (C(OH)–C–C–N with tert-alkyl or cyclic N) is 1. The molecule has 0 saturated carbocycles. The maximum Gasteiger partial charge on any atom is 0.253 e. The van der Waals surface area contributed by atoms with Crippen LogP contribution in [-0.2, 0) is 7.05 Å². The third kappa shape index (κ3) is 2.57. The van der Waals surface area contributed by atoms with Crippen molar-refractivity contribution in [2.24, 2.45) is 7.05 Å². The largest absolute Gasteiger partial charge is 0.391 e. The van der Waals surface area contributed by atoms with Crippen LogP contribution < -0.4 is 0 Å². The summed E-state index contributed by atoms with van der Waals surface area (Å²) in [6.45, 7) is 1.05. The zero-order chi connectivity index (χ0) is 16.7. The van der Waals surface area contributed by atoms with Gasteiger partial charge in [-0.2, -0.15) is 5.10 Å². The molecule has 2 aromatic carbocycles. The van der Waals surface area contributed by atoms with E-state index in [1.54, 1.807) is 4.90 Å². The molecular formula is C19H19N3O2. The van der Waals surface area contributed by atoms with Gasteiger partial charge in [0.2, 0.25) is 0 Å². The van der Waals surface area contributed by atoms with Crippen molar-refractivity contribution in [3.63, 3.8) is 0 Å². The quantitative estimate of drug-likeness (QED) is 0.789. The summed E-state index contributed by atoms with van der Waals surface area (Å²) in [5.41, 5.74) is 3.93. The SMILES string of the molecule is Cn1ncc2cc(-c3ccc(C(=O)N4CC[C@@H](O)C4)cc3)ccc21. The summed E-state index contributed by atoms with van der Waals surface area (Å²) in [5, 5.41) is 14.9. The summed E-state index contributed by atoms with van der Waals surface area (Å²) >= 11 is 0. The van der Waals surface area contributed by atoms with Gasteiger partial charge in [-0.25, -0.2) is 0 Å². The maximum absolute atomic E-state index is 12.4. The van der Waals surface area contributed by atoms with Crippen LogP contribution in [0.1, 0.15) is 16.8 Å². The van der Waals surface area contributed by atoms with E-state index >= 15 is 0 Å². The van der Waals surface area contributed by atoms with Gasteiger partial charge in [-0.15, -0.1) is 0 Å². The Labute approximate surface area is 140 Å². The van der Waals surface area contributed by atoms with Crippen LogP contribution in [0.5, 0.6) is 0 Å². The van der Waals surface area contributed by atoms with Crippen molar-refractivity contribution in [1.82, 2.24) is 14.7 Å². The molecule has 1 aliphatic rings. The minimum absolute atomic E-state index is 0.0131. The number of hydrogen-bond donors (Lipinski definition) is 1. The van der Waals surface area contributed by atoms with Gasteiger partial charge in [0.1, 0.15) is 0 Å². The highest BCUT2D eigenvalue weighted by Gasteiger charge is 2.25. The molecule has 0 radical (unpaired) electrons. The molecule has 1 aromatic heterocycles. The fraction of sp³-hybridized carbons (Fsp3) is 0.263. The van der Waals surface area contributed by atoms with E-state index in [1.165, 1.54) is 0 Å². The Morgan fingerprint density at radius 2 is 1.92 bits per heavy atom. The number of nitrogens with zero attached hydrogens (tertiary/aromatic N) is 3. The molecule has 0 unspecified atom stereocenters. The van der Waals surface area contributed by atoms with Crippen LogP contribution in [0.2, 0.25) is 0 Å². The molecule has 0 aliphatic carbocycles. The van der Waals surface area contributed by atoms with Crippen molar-refractivity contribution < 1.29 is 9.90 Å². The summed E-state index contributed by atoms with van der Waals surface area (Å²) in [6.07, 6.45) is 2.13. The Morgan fingerprint density at radius 1 is 1.17 bits per heavy atom. The molecule has 1 amide bonds. The molecule has 5 nitrogen and oxygen atoms in total. The Morgan fingerprint density at radius 3 is 2.62 bits per heavy atom. The molecule has 1 N–H and O–H groups in total. The van der Waals surface area contributed by atoms with Gasteiger partial charge in [0.05, 0.1) is 17.8 Å². The van der Waals surface area contributed by atoms with Crippen molar-refractivity contribution in [3.05, 3.63) is 54.2 Å². The van der Waals surface area contributed by atoms with E-state index in [0.717, 1.165) is 22.0 Å². The van der Waals surface area contributed by atoms with E-state index < -0.39 is 0 Å². The van der Waals surface area contributed by atoms with Gasteiger partial charge in [-0.05, 0) is 41.8 Å². The minimum atomic E-state index is -0.389. The van der Waals surface area contributed by atoms with Crippen molar-refractivity contribution >= 4 is 16.8 Å². The van der Waals surface area contributed by atoms with E-state index in [4.69, 9.17) is 0 Å². The lowest BCUT2D eigenvalue weighted by Crippen LogP contribution is -2.29. The number of amides is 1. The van der Waals surface area contributed by atoms with Gasteiger partial charge in [0.25, 0.3) is 5.91 Å². The van der Waals surface area contributed by atoms with Crippen LogP contribution in [-0.4, -0.2) is 44.9 Å². The standard InChI is InChI=1S/C19H19N3O2/c1-21-18-7-6-15(10-16(18)11-20-21)13-2-4-14(5-3-13)19(24)22-9-8-17(23)12-22/h2-7,10-11,17,23H,8-9,12H2,1H3/t17-/m1/s1. The fourth-order valence-electron chi connectivity index (χ4n) is 3.26. The van der Waals surface area contributed by atoms with Crippen molar-refractivity contribution in [1.29, 1.82) is 0 Å². The summed E-state index contributed by atoms with van der Waals surface area (Å²) in [4.78, 5) is 14.1. The van der Waals surface area contributed by atoms with Crippen molar-refractivity contribution in [2.75, 3.05) is 13.1 Å². The number of aromatic nitrogens is 2. The maximum atomic E-state index is 12.4. The summed E-state index contributed by atoms with van der Waals surface area (Å²) in [6, 6.07) is 13.9. The van der Waals surface area contributed by atoms with Crippen LogP contribution in [0.25, 0.3) is 22.0 Å². The van der Waals surface area contributed by atoms with Crippen LogP contribution in [0.15, 0.2) is 48.7 Å². The molecule has 4 rings (SSSR count). The van der Waals surface area contributed by atoms with E-state index in [-0.39, 0.29) is 12.0 Å². The molecule has 2 heterocycles. The first-order chi connectivity index (χ1) is 11.6. The monoisotopic (exact) mass is 321 g/mol. The highest BCUT2D eigenvalue weighted by Crippen LogP contribution is 2.25. The zero-order valence-electron chi connectivity index (χ0n) is 13.5. The Balaban J connectivity index is 1.59. The van der Waals surface area contributed by atoms with Crippen LogP contribution in [0.3, 0.4) is 0 Å². The van der Waals surface area contributed by atoms with Gasteiger partial charge in [-0.1, -0.05) is 18.2 Å². The highest BCUT2D eigenvalue weighted by molar-refractivity contribution is 5.95. The van der Waals surface area contributed by atoms with Gasteiger partial charge in [-0.3, -0.25) is 9.48 Å². The molecule has 3 aromatic rings. The summed E-state index contributed by atoms with van der Waals surface area (Å²) < 4.78 is 1.85. The number of aliphatic hydroxyl groups excluding tert-OH is 1. The van der Waals surface area contributed by atoms with Crippen LogP contribution in [0, 0.1) is 0 Å². The summed E-state index contributed by atoms with van der Waals surface area (Å²) in [5.74, 6) is -0.0131. The Hall–Kier alpha value is -2.66. The number of aliphatic hydroxyl groups is 1. The van der Waals surface area contributed by atoms with Crippen molar-refractivity contribution in [2.45, 2.75) is 12.5 Å². The number of benzene rings is 2. The van der Waals surface area contributed by atoms with Gasteiger partial charge >= 0.3 is 0 Å². The normalized spacial score (nSPS) is 17.6. The molecule has 1 saturated heterocycles. The lowest BCUT2D eigenvalue weighted by atomic mass is 10.0. The Bertz CT molecular complexity index is 899. The smallest absolute Gasteiger partial charge is 0.253 e. The molecule has 1 aliphatic heterocycles. The fourth-order valence-corrected chi connectivity index (χ4v) is 3.26. The van der Waals surface area contributed by atoms with Gasteiger partial charge in [0.15, 0.2) is 0 Å². The second kappa shape index (κ2) is 5.76. The van der Waals surface area contributed by atoms with Crippen LogP contribution >= 0.6 is 0 Å². The average molecular weight is 321 g/mol. The topological polar surface area (TPSA) is 58.4 Å². The molecular weight excluding hydrogens is 302 g/mol. The van der Waals surface area contributed by atoms with E-state index in [2.05, 4.69) is 23.3 Å². The third-order valence-corrected chi connectivity index (χ3v) is 4.66. The molecule has 0 bridgehead atoms. The Kier molecular flexibility index (Phi) is 3.58. The zero-order valence-corrected chi connectivity index (χ0v) is 13.5. The van der Waals surface area contributed by atoms with Gasteiger partial charge in [0, 0.05) is 31.1 Å². The number of rotatable bonds is 2. The van der Waals surface area contributed by atoms with Crippen molar-refractivity contribution in [3.8, 4) is 11.1 Å². The first-order valence-electron chi connectivity index (χ1n) is 8.11. The predicted molar refractivity (Wildman–Crippen MR) is 92.7 cm³/mol. The second-order valence-electron chi connectivity index (χ2n) is 6.31. The highest BCUT2D eigenvalue weighted by atomic mass is 16.3. The molecule has 1 fully saturated rings. The molecule has 1 atom stereocenters. The lowest BCUT2D eigenvalue weighted by molar-refractivity contribution is 0.0765. The summed E-state index contributed by atoms with van der Waals surface area (Å²) in [7, 11) is 1.93. The number of hydrogen-bond acceptors (Lipinski definition) is 3. The van der Waals surface area contributed by atoms with E-state index in [9.17, 15) is 9.90 Å².